The molecule has 0 fully saturated rings. The Kier molecular flexibility index (Phi) is 7.40. The van der Waals surface area contributed by atoms with Crippen LogP contribution in [0.2, 0.25) is 0 Å². The summed E-state index contributed by atoms with van der Waals surface area (Å²) in [7, 11) is 0. The van der Waals surface area contributed by atoms with Gasteiger partial charge in [-0.25, -0.2) is 0 Å². The van der Waals surface area contributed by atoms with Gasteiger partial charge in [-0.3, -0.25) is 4.79 Å². The number of carbonyl (C=O) groups is 1. The molecule has 4 N–H and O–H groups in total. The molecule has 0 aromatic heterocycles. The Morgan fingerprint density at radius 1 is 1.07 bits per heavy atom. The van der Waals surface area contributed by atoms with Crippen molar-refractivity contribution in [1.82, 2.24) is 0 Å². The molecule has 0 aliphatic heterocycles. The van der Waals surface area contributed by atoms with E-state index in [1.54, 1.807) is 0 Å². The molecule has 4 nitrogen and oxygen atoms in total. The second kappa shape index (κ2) is 10.2. The first-order valence-corrected chi connectivity index (χ1v) is 10.2. The number of esters is 1. The summed E-state index contributed by atoms with van der Waals surface area (Å²) in [4.78, 5) is 11.6. The van der Waals surface area contributed by atoms with Gasteiger partial charge >= 0.3 is 5.97 Å². The van der Waals surface area contributed by atoms with E-state index >= 15 is 0 Å². The molecule has 0 spiro atoms. The molecule has 1 atom stereocenters. The number of rotatable bonds is 7. The topological polar surface area (TPSA) is 78.3 Å². The van der Waals surface area contributed by atoms with Crippen molar-refractivity contribution < 1.29 is 9.53 Å². The van der Waals surface area contributed by atoms with E-state index in [0.29, 0.717) is 6.61 Å². The lowest BCUT2D eigenvalue weighted by atomic mass is 9.89. The number of allylic oxidation sites excluding steroid dienone is 1. The smallest absolute Gasteiger partial charge is 0.324 e. The molecular formula is C24H30N2O2. The fourth-order valence-electron chi connectivity index (χ4n) is 3.59. The van der Waals surface area contributed by atoms with E-state index in [1.807, 2.05) is 0 Å². The SMILES string of the molecule is NCC(N)C(=O)OCCCc1ccc2c(c1)CCCCC(c1ccccc1)=C2. The Bertz CT molecular complexity index is 815. The Balaban J connectivity index is 1.65. The van der Waals surface area contributed by atoms with Crippen LogP contribution in [0.3, 0.4) is 0 Å². The van der Waals surface area contributed by atoms with E-state index in [0.717, 1.165) is 25.7 Å². The highest BCUT2D eigenvalue weighted by Crippen LogP contribution is 2.29. The summed E-state index contributed by atoms with van der Waals surface area (Å²) < 4.78 is 5.18. The predicted octanol–water partition coefficient (Wildman–Crippen LogP) is 3.72. The van der Waals surface area contributed by atoms with Crippen molar-refractivity contribution in [1.29, 1.82) is 0 Å². The maximum absolute atomic E-state index is 11.6. The molecule has 0 saturated heterocycles. The van der Waals surface area contributed by atoms with E-state index < -0.39 is 12.0 Å². The third kappa shape index (κ3) is 5.54. The molecule has 1 aliphatic rings. The van der Waals surface area contributed by atoms with Gasteiger partial charge in [0, 0.05) is 6.54 Å². The fraction of sp³-hybridized carbons (Fsp3) is 0.375. The summed E-state index contributed by atoms with van der Waals surface area (Å²) in [5.74, 6) is -0.417. The van der Waals surface area contributed by atoms with Crippen molar-refractivity contribution in [2.45, 2.75) is 44.6 Å². The van der Waals surface area contributed by atoms with Gasteiger partial charge in [0.1, 0.15) is 6.04 Å². The standard InChI is InChI=1S/C24H30N2O2/c25-17-23(26)24(27)28-14-6-7-18-12-13-22-16-21(19-8-2-1-3-9-19)11-5-4-10-20(22)15-18/h1-3,8-9,12-13,15-16,23H,4-7,10-11,14,17,25-26H2. The van der Waals surface area contributed by atoms with Crippen LogP contribution in [-0.4, -0.2) is 25.2 Å². The van der Waals surface area contributed by atoms with E-state index in [-0.39, 0.29) is 6.54 Å². The van der Waals surface area contributed by atoms with Crippen molar-refractivity contribution >= 4 is 17.6 Å². The van der Waals surface area contributed by atoms with Crippen molar-refractivity contribution in [3.8, 4) is 0 Å². The zero-order valence-corrected chi connectivity index (χ0v) is 16.4. The first kappa shape index (κ1) is 20.3. The molecule has 28 heavy (non-hydrogen) atoms. The van der Waals surface area contributed by atoms with Crippen LogP contribution in [0, 0.1) is 0 Å². The predicted molar refractivity (Wildman–Crippen MR) is 115 cm³/mol. The number of hydrogen-bond donors (Lipinski definition) is 2. The Morgan fingerprint density at radius 2 is 1.86 bits per heavy atom. The lowest BCUT2D eigenvalue weighted by molar-refractivity contribution is -0.145. The highest BCUT2D eigenvalue weighted by molar-refractivity contribution is 5.82. The number of aryl methyl sites for hydroxylation is 2. The summed E-state index contributed by atoms with van der Waals surface area (Å²) >= 11 is 0. The minimum atomic E-state index is -0.720. The molecule has 1 aliphatic carbocycles. The summed E-state index contributed by atoms with van der Waals surface area (Å²) in [5.41, 5.74) is 17.7. The van der Waals surface area contributed by atoms with Gasteiger partial charge in [-0.05, 0) is 66.4 Å². The highest BCUT2D eigenvalue weighted by atomic mass is 16.5. The van der Waals surface area contributed by atoms with Crippen LogP contribution < -0.4 is 11.5 Å². The van der Waals surface area contributed by atoms with Crippen LogP contribution in [0.15, 0.2) is 48.5 Å². The number of benzene rings is 2. The average molecular weight is 379 g/mol. The Hall–Kier alpha value is -2.43. The third-order valence-electron chi connectivity index (χ3n) is 5.23. The lowest BCUT2D eigenvalue weighted by Gasteiger charge is -2.16. The first-order chi connectivity index (χ1) is 13.7. The maximum atomic E-state index is 11.6. The van der Waals surface area contributed by atoms with Gasteiger partial charge in [0.25, 0.3) is 0 Å². The van der Waals surface area contributed by atoms with Crippen molar-refractivity contribution in [3.05, 3.63) is 70.8 Å². The summed E-state index contributed by atoms with van der Waals surface area (Å²) in [6.45, 7) is 0.490. The minimum Gasteiger partial charge on any atom is -0.464 e. The number of ether oxygens (including phenoxy) is 1. The fourth-order valence-corrected chi connectivity index (χ4v) is 3.59. The second-order valence-corrected chi connectivity index (χ2v) is 7.39. The number of fused-ring (bicyclic) bond motifs is 1. The van der Waals surface area contributed by atoms with Crippen LogP contribution in [0.4, 0.5) is 0 Å². The van der Waals surface area contributed by atoms with E-state index in [1.165, 1.54) is 40.7 Å². The Morgan fingerprint density at radius 3 is 2.64 bits per heavy atom. The molecule has 3 rings (SSSR count). The van der Waals surface area contributed by atoms with Crippen molar-refractivity contribution in [3.63, 3.8) is 0 Å². The molecule has 2 aromatic rings. The van der Waals surface area contributed by atoms with Crippen molar-refractivity contribution in [2.75, 3.05) is 13.2 Å². The summed E-state index contributed by atoms with van der Waals surface area (Å²) in [6, 6.07) is 16.7. The van der Waals surface area contributed by atoms with Crippen molar-refractivity contribution in [2.24, 2.45) is 11.5 Å². The van der Waals surface area contributed by atoms with Gasteiger partial charge in [-0.1, -0.05) is 54.6 Å². The zero-order valence-electron chi connectivity index (χ0n) is 16.4. The molecule has 0 amide bonds. The van der Waals surface area contributed by atoms with Crippen LogP contribution >= 0.6 is 0 Å². The normalized spacial score (nSPS) is 15.0. The van der Waals surface area contributed by atoms with E-state index in [9.17, 15) is 4.79 Å². The number of nitrogens with two attached hydrogens (primary N) is 2. The van der Waals surface area contributed by atoms with Crippen LogP contribution in [0.5, 0.6) is 0 Å². The summed E-state index contributed by atoms with van der Waals surface area (Å²) in [6.07, 6.45) is 8.67. The molecule has 0 heterocycles. The first-order valence-electron chi connectivity index (χ1n) is 10.2. The average Bonchev–Trinajstić information content (AvgIpc) is 2.72. The minimum absolute atomic E-state index is 0.113. The number of hydrogen-bond acceptors (Lipinski definition) is 4. The maximum Gasteiger partial charge on any atom is 0.324 e. The van der Waals surface area contributed by atoms with E-state index in [2.05, 4.69) is 54.6 Å². The molecule has 2 aromatic carbocycles. The number of carbonyl (C=O) groups excluding carboxylic acids is 1. The molecular weight excluding hydrogens is 348 g/mol. The Labute approximate surface area is 167 Å². The molecule has 0 radical (unpaired) electrons. The van der Waals surface area contributed by atoms with Gasteiger partial charge in [-0.2, -0.15) is 0 Å². The summed E-state index contributed by atoms with van der Waals surface area (Å²) in [5, 5.41) is 0. The quantitative estimate of drug-likeness (QED) is 0.569. The molecule has 0 saturated carbocycles. The third-order valence-corrected chi connectivity index (χ3v) is 5.23. The lowest BCUT2D eigenvalue weighted by Crippen LogP contribution is -2.39. The monoisotopic (exact) mass is 378 g/mol. The van der Waals surface area contributed by atoms with Crippen LogP contribution in [0.1, 0.15) is 47.9 Å². The largest absolute Gasteiger partial charge is 0.464 e. The van der Waals surface area contributed by atoms with Crippen LogP contribution in [-0.2, 0) is 22.4 Å². The van der Waals surface area contributed by atoms with Gasteiger partial charge in [-0.15, -0.1) is 0 Å². The van der Waals surface area contributed by atoms with E-state index in [4.69, 9.17) is 16.2 Å². The second-order valence-electron chi connectivity index (χ2n) is 7.39. The molecule has 4 heteroatoms. The zero-order chi connectivity index (χ0) is 19.8. The van der Waals surface area contributed by atoms with Gasteiger partial charge < -0.3 is 16.2 Å². The van der Waals surface area contributed by atoms with Crippen LogP contribution in [0.25, 0.3) is 11.6 Å². The van der Waals surface area contributed by atoms with Gasteiger partial charge in [0.05, 0.1) is 6.61 Å². The molecule has 0 bridgehead atoms. The van der Waals surface area contributed by atoms with Gasteiger partial charge in [0.2, 0.25) is 0 Å². The van der Waals surface area contributed by atoms with Gasteiger partial charge in [0.15, 0.2) is 0 Å². The highest BCUT2D eigenvalue weighted by Gasteiger charge is 2.13. The molecule has 148 valence electrons. The molecule has 1 unspecified atom stereocenters.